The van der Waals surface area contributed by atoms with Gasteiger partial charge in [-0.2, -0.15) is 13.2 Å². The van der Waals surface area contributed by atoms with Gasteiger partial charge in [-0.05, 0) is 56.0 Å². The number of anilines is 1. The number of benzene rings is 1. The van der Waals surface area contributed by atoms with Gasteiger partial charge in [-0.15, -0.1) is 0 Å². The van der Waals surface area contributed by atoms with E-state index in [9.17, 15) is 18.0 Å². The number of aromatic nitrogens is 4. The van der Waals surface area contributed by atoms with Gasteiger partial charge in [0, 0.05) is 30.9 Å². The summed E-state index contributed by atoms with van der Waals surface area (Å²) < 4.78 is 42.4. The van der Waals surface area contributed by atoms with E-state index >= 15 is 0 Å². The van der Waals surface area contributed by atoms with Crippen LogP contribution in [0.1, 0.15) is 41.7 Å². The Balaban J connectivity index is 1.21. The maximum atomic E-state index is 13.0. The first-order chi connectivity index (χ1) is 15.8. The third-order valence-corrected chi connectivity index (χ3v) is 6.18. The van der Waals surface area contributed by atoms with E-state index in [4.69, 9.17) is 0 Å². The summed E-state index contributed by atoms with van der Waals surface area (Å²) in [5.74, 6) is 0.463. The van der Waals surface area contributed by atoms with Crippen LogP contribution in [0.15, 0.2) is 48.9 Å². The van der Waals surface area contributed by atoms with E-state index in [0.717, 1.165) is 42.9 Å². The zero-order valence-electron chi connectivity index (χ0n) is 17.9. The van der Waals surface area contributed by atoms with E-state index < -0.39 is 11.9 Å². The Morgan fingerprint density at radius 1 is 1.09 bits per heavy atom. The number of amides is 1. The summed E-state index contributed by atoms with van der Waals surface area (Å²) in [4.78, 5) is 20.7. The highest BCUT2D eigenvalue weighted by molar-refractivity contribution is 5.97. The van der Waals surface area contributed by atoms with Gasteiger partial charge in [0.1, 0.15) is 11.5 Å². The van der Waals surface area contributed by atoms with E-state index in [1.165, 1.54) is 4.40 Å². The molecule has 0 spiro atoms. The fourth-order valence-corrected chi connectivity index (χ4v) is 4.39. The molecule has 172 valence electrons. The molecular formula is C23H23F3N6O. The highest BCUT2D eigenvalue weighted by Crippen LogP contribution is 2.30. The van der Waals surface area contributed by atoms with E-state index in [-0.39, 0.29) is 23.6 Å². The third kappa shape index (κ3) is 4.24. The lowest BCUT2D eigenvalue weighted by Crippen LogP contribution is -2.40. The lowest BCUT2D eigenvalue weighted by Gasteiger charge is -2.30. The minimum absolute atomic E-state index is 0.0543. The second-order valence-electron chi connectivity index (χ2n) is 8.49. The number of carbonyl (C=O) groups excluding carboxylic acids is 1. The molecule has 3 aromatic heterocycles. The van der Waals surface area contributed by atoms with Crippen molar-refractivity contribution in [1.82, 2.24) is 24.3 Å². The smallest absolute Gasteiger partial charge is 0.368 e. The molecule has 0 aliphatic heterocycles. The van der Waals surface area contributed by atoms with Crippen molar-refractivity contribution in [2.75, 3.05) is 5.32 Å². The molecule has 0 saturated heterocycles. The summed E-state index contributed by atoms with van der Waals surface area (Å²) in [7, 11) is 1.89. The highest BCUT2D eigenvalue weighted by Gasteiger charge is 2.34. The molecule has 1 amide bonds. The van der Waals surface area contributed by atoms with Crippen LogP contribution in [0.25, 0.3) is 16.7 Å². The zero-order chi connectivity index (χ0) is 23.2. The predicted octanol–water partition coefficient (Wildman–Crippen LogP) is 4.39. The van der Waals surface area contributed by atoms with E-state index in [1.807, 2.05) is 23.7 Å². The number of hydrogen-bond donors (Lipinski definition) is 2. The predicted molar refractivity (Wildman–Crippen MR) is 118 cm³/mol. The quantitative estimate of drug-likeness (QED) is 0.478. The molecule has 4 aromatic rings. The number of carbonyl (C=O) groups is 1. The number of rotatable bonds is 4. The van der Waals surface area contributed by atoms with Gasteiger partial charge in [0.25, 0.3) is 5.91 Å². The molecule has 2 N–H and O–H groups in total. The summed E-state index contributed by atoms with van der Waals surface area (Å²) in [5.41, 5.74) is 1.68. The Hall–Kier alpha value is -3.56. The molecule has 3 heterocycles. The average Bonchev–Trinajstić information content (AvgIpc) is 3.39. The summed E-state index contributed by atoms with van der Waals surface area (Å²) >= 11 is 0. The fourth-order valence-electron chi connectivity index (χ4n) is 4.39. The highest BCUT2D eigenvalue weighted by atomic mass is 19.4. The maximum Gasteiger partial charge on any atom is 0.434 e. The Bertz CT molecular complexity index is 1320. The number of pyridine rings is 1. The van der Waals surface area contributed by atoms with Crippen LogP contribution in [0, 0.1) is 0 Å². The molecule has 7 nitrogen and oxygen atoms in total. The molecule has 33 heavy (non-hydrogen) atoms. The van der Waals surface area contributed by atoms with Crippen LogP contribution in [0.3, 0.4) is 0 Å². The number of imidazole rings is 2. The van der Waals surface area contributed by atoms with Crippen LogP contribution >= 0.6 is 0 Å². The van der Waals surface area contributed by atoms with E-state index in [0.29, 0.717) is 11.4 Å². The van der Waals surface area contributed by atoms with E-state index in [1.54, 1.807) is 30.6 Å². The first-order valence-corrected chi connectivity index (χ1v) is 10.8. The number of nitrogens with zero attached hydrogens (tertiary/aromatic N) is 4. The number of aryl methyl sites for hydroxylation is 1. The summed E-state index contributed by atoms with van der Waals surface area (Å²) in [6.07, 6.45) is 1.40. The molecule has 5 rings (SSSR count). The molecule has 1 aliphatic rings. The Morgan fingerprint density at radius 3 is 2.61 bits per heavy atom. The Labute approximate surface area is 187 Å². The van der Waals surface area contributed by atoms with Crippen molar-refractivity contribution in [2.24, 2.45) is 7.05 Å². The lowest BCUT2D eigenvalue weighted by molar-refractivity contribution is -0.140. The number of fused-ring (bicyclic) bond motifs is 2. The standard InChI is InChI=1S/C23H23F3N6O/c1-31-13-27-17-10-5-14(11-18(17)31)22(33)29-16-8-6-15(7-9-16)28-20-3-2-4-21-30-19(12-32(20)21)23(24,25)26/h2-5,10-13,15-16,28H,6-9H2,1H3,(H,29,33). The number of alkyl halides is 3. The van der Waals surface area contributed by atoms with Crippen molar-refractivity contribution in [2.45, 2.75) is 43.9 Å². The first kappa shape index (κ1) is 21.3. The van der Waals surface area contributed by atoms with Crippen LogP contribution in [0.5, 0.6) is 0 Å². The van der Waals surface area contributed by atoms with Crippen molar-refractivity contribution in [3.63, 3.8) is 0 Å². The van der Waals surface area contributed by atoms with Gasteiger partial charge in [-0.25, -0.2) is 9.97 Å². The minimum Gasteiger partial charge on any atom is -0.368 e. The van der Waals surface area contributed by atoms with Gasteiger partial charge in [-0.3, -0.25) is 9.20 Å². The minimum atomic E-state index is -4.49. The molecule has 10 heteroatoms. The Morgan fingerprint density at radius 2 is 1.85 bits per heavy atom. The van der Waals surface area contributed by atoms with Gasteiger partial charge in [-0.1, -0.05) is 6.07 Å². The second-order valence-corrected chi connectivity index (χ2v) is 8.49. The van der Waals surface area contributed by atoms with Crippen molar-refractivity contribution in [1.29, 1.82) is 0 Å². The monoisotopic (exact) mass is 456 g/mol. The van der Waals surface area contributed by atoms with Crippen LogP contribution in [0.4, 0.5) is 19.0 Å². The number of hydrogen-bond acceptors (Lipinski definition) is 4. The molecule has 1 fully saturated rings. The number of nitrogens with one attached hydrogen (secondary N) is 2. The molecule has 1 aliphatic carbocycles. The molecule has 0 unspecified atom stereocenters. The van der Waals surface area contributed by atoms with Crippen molar-refractivity contribution >= 4 is 28.4 Å². The zero-order valence-corrected chi connectivity index (χ0v) is 17.9. The molecule has 0 atom stereocenters. The van der Waals surface area contributed by atoms with Crippen molar-refractivity contribution in [3.8, 4) is 0 Å². The molecule has 1 aromatic carbocycles. The van der Waals surface area contributed by atoms with Gasteiger partial charge in [0.15, 0.2) is 5.69 Å². The van der Waals surface area contributed by atoms with Gasteiger partial charge < -0.3 is 15.2 Å². The molecular weight excluding hydrogens is 433 g/mol. The van der Waals surface area contributed by atoms with E-state index in [2.05, 4.69) is 20.6 Å². The van der Waals surface area contributed by atoms with Crippen LogP contribution in [-0.2, 0) is 13.2 Å². The Kier molecular flexibility index (Phi) is 5.22. The van der Waals surface area contributed by atoms with Crippen molar-refractivity contribution < 1.29 is 18.0 Å². The molecule has 0 bridgehead atoms. The SMILES string of the molecule is Cn1cnc2ccc(C(=O)NC3CCC(Nc4cccc5nc(C(F)(F)F)cn45)CC3)cc21. The fraction of sp³-hybridized carbons (Fsp3) is 0.348. The van der Waals surface area contributed by atoms with Gasteiger partial charge in [0.05, 0.1) is 17.4 Å². The van der Waals surface area contributed by atoms with Crippen LogP contribution in [0.2, 0.25) is 0 Å². The summed E-state index contributed by atoms with van der Waals surface area (Å²) in [6, 6.07) is 10.6. The topological polar surface area (TPSA) is 76.2 Å². The summed E-state index contributed by atoms with van der Waals surface area (Å²) in [5, 5.41) is 6.46. The van der Waals surface area contributed by atoms with Crippen LogP contribution < -0.4 is 10.6 Å². The van der Waals surface area contributed by atoms with Crippen molar-refractivity contribution in [3.05, 3.63) is 60.2 Å². The largest absolute Gasteiger partial charge is 0.434 e. The molecule has 1 saturated carbocycles. The maximum absolute atomic E-state index is 13.0. The third-order valence-electron chi connectivity index (χ3n) is 6.18. The van der Waals surface area contributed by atoms with Gasteiger partial charge >= 0.3 is 6.18 Å². The second kappa shape index (κ2) is 8.09. The number of halogens is 3. The average molecular weight is 456 g/mol. The first-order valence-electron chi connectivity index (χ1n) is 10.8. The van der Waals surface area contributed by atoms with Gasteiger partial charge in [0.2, 0.25) is 0 Å². The lowest BCUT2D eigenvalue weighted by atomic mass is 9.91. The molecule has 0 radical (unpaired) electrons. The summed E-state index contributed by atoms with van der Waals surface area (Å²) in [6.45, 7) is 0. The normalized spacial score (nSPS) is 19.2. The van der Waals surface area contributed by atoms with Crippen LogP contribution in [-0.4, -0.2) is 36.9 Å².